The van der Waals surface area contributed by atoms with Crippen molar-refractivity contribution in [3.63, 3.8) is 0 Å². The Balaban J connectivity index is 1.82. The average molecular weight is 459 g/mol. The maximum atomic E-state index is 13.4. The summed E-state index contributed by atoms with van der Waals surface area (Å²) < 4.78 is 19.5. The highest BCUT2D eigenvalue weighted by atomic mass is 19.1. The van der Waals surface area contributed by atoms with E-state index in [0.717, 1.165) is 11.1 Å². The van der Waals surface area contributed by atoms with Crippen LogP contribution in [0.3, 0.4) is 0 Å². The third-order valence-electron chi connectivity index (χ3n) is 6.00. The van der Waals surface area contributed by atoms with Crippen molar-refractivity contribution in [2.24, 2.45) is 0 Å². The molecule has 174 valence electrons. The van der Waals surface area contributed by atoms with E-state index in [2.05, 4.69) is 5.32 Å². The zero-order valence-corrected chi connectivity index (χ0v) is 19.9. The molecule has 0 spiro atoms. The minimum Gasteiger partial charge on any atom is -0.455 e. The molecule has 5 nitrogen and oxygen atoms in total. The Kier molecular flexibility index (Phi) is 6.00. The van der Waals surface area contributed by atoms with Gasteiger partial charge in [-0.1, -0.05) is 18.2 Å². The molecule has 1 heterocycles. The van der Waals surface area contributed by atoms with Gasteiger partial charge in [-0.05, 0) is 80.4 Å². The number of benzene rings is 3. The van der Waals surface area contributed by atoms with Crippen LogP contribution in [0.25, 0.3) is 33.4 Å². The van der Waals surface area contributed by atoms with E-state index < -0.39 is 0 Å². The number of nitrogens with one attached hydrogen (secondary N) is 1. The van der Waals surface area contributed by atoms with Crippen molar-refractivity contribution in [3.8, 4) is 22.5 Å². The van der Waals surface area contributed by atoms with Crippen LogP contribution in [-0.4, -0.2) is 36.3 Å². The monoisotopic (exact) mass is 458 g/mol. The molecule has 0 unspecified atom stereocenters. The normalized spacial score (nSPS) is 11.5. The lowest BCUT2D eigenvalue weighted by atomic mass is 9.98. The molecule has 4 rings (SSSR count). The Labute approximate surface area is 198 Å². The topological polar surface area (TPSA) is 62.6 Å². The number of fused-ring (bicyclic) bond motifs is 1. The molecule has 34 heavy (non-hydrogen) atoms. The maximum Gasteiger partial charge on any atom is 0.255 e. The lowest BCUT2D eigenvalue weighted by Gasteiger charge is -2.32. The van der Waals surface area contributed by atoms with Gasteiger partial charge in [0.15, 0.2) is 0 Å². The highest BCUT2D eigenvalue weighted by Gasteiger charge is 2.24. The van der Waals surface area contributed by atoms with Crippen molar-refractivity contribution in [2.45, 2.75) is 26.3 Å². The van der Waals surface area contributed by atoms with Gasteiger partial charge in [0.05, 0.1) is 5.56 Å². The zero-order valence-electron chi connectivity index (χ0n) is 19.9. The minimum atomic E-state index is -0.366. The number of amides is 2. The van der Waals surface area contributed by atoms with Crippen LogP contribution >= 0.6 is 0 Å². The molecule has 0 bridgehead atoms. The summed E-state index contributed by atoms with van der Waals surface area (Å²) in [5.74, 6) is -0.355. The van der Waals surface area contributed by atoms with Crippen molar-refractivity contribution >= 4 is 22.8 Å². The third kappa shape index (κ3) is 4.31. The van der Waals surface area contributed by atoms with E-state index in [9.17, 15) is 14.0 Å². The number of halogens is 1. The number of hydrogen-bond donors (Lipinski definition) is 1. The lowest BCUT2D eigenvalue weighted by molar-refractivity contribution is 0.0655. The SMILES string of the molecule is CNC(=O)c1c(-c2ccc(F)cc2)oc2ccc(-c3cccc(C(=O)N(C)C(C)(C)C)c3)cc12. The van der Waals surface area contributed by atoms with Crippen molar-refractivity contribution < 1.29 is 18.4 Å². The minimum absolute atomic E-state index is 0.0663. The van der Waals surface area contributed by atoms with E-state index in [1.165, 1.54) is 12.1 Å². The Hall–Kier alpha value is -3.93. The summed E-state index contributed by atoms with van der Waals surface area (Å²) >= 11 is 0. The van der Waals surface area contributed by atoms with E-state index in [-0.39, 0.29) is 23.2 Å². The van der Waals surface area contributed by atoms with Crippen LogP contribution in [0.5, 0.6) is 0 Å². The standard InChI is InChI=1S/C28H27FN2O3/c1-28(2,3)31(5)27(33)20-8-6-7-18(15-20)19-11-14-23-22(16-19)24(26(32)30-4)25(34-23)17-9-12-21(29)13-10-17/h6-16H,1-5H3,(H,30,32). The number of carbonyl (C=O) groups is 2. The van der Waals surface area contributed by atoms with E-state index in [4.69, 9.17) is 4.42 Å². The first kappa shape index (κ1) is 23.2. The quantitative estimate of drug-likeness (QED) is 0.400. The fraction of sp³-hybridized carbons (Fsp3) is 0.214. The predicted molar refractivity (Wildman–Crippen MR) is 132 cm³/mol. The van der Waals surface area contributed by atoms with Gasteiger partial charge >= 0.3 is 0 Å². The Bertz CT molecular complexity index is 1380. The highest BCUT2D eigenvalue weighted by molar-refractivity contribution is 6.11. The van der Waals surface area contributed by atoms with Gasteiger partial charge in [-0.15, -0.1) is 0 Å². The second-order valence-corrected chi connectivity index (χ2v) is 9.22. The molecule has 0 saturated heterocycles. The van der Waals surface area contributed by atoms with Crippen LogP contribution in [-0.2, 0) is 0 Å². The average Bonchev–Trinajstić information content (AvgIpc) is 3.21. The molecule has 0 radical (unpaired) electrons. The molecular formula is C28H27FN2O3. The summed E-state index contributed by atoms with van der Waals surface area (Å²) in [6.45, 7) is 5.96. The van der Waals surface area contributed by atoms with Gasteiger partial charge in [0.25, 0.3) is 11.8 Å². The van der Waals surface area contributed by atoms with Crippen molar-refractivity contribution in [1.82, 2.24) is 10.2 Å². The van der Waals surface area contributed by atoms with Gasteiger partial charge < -0.3 is 14.6 Å². The molecule has 0 aliphatic carbocycles. The molecular weight excluding hydrogens is 431 g/mol. The molecule has 0 aliphatic heterocycles. The Morgan fingerprint density at radius 2 is 1.56 bits per heavy atom. The van der Waals surface area contributed by atoms with Crippen LogP contribution in [0.1, 0.15) is 41.5 Å². The number of hydrogen-bond acceptors (Lipinski definition) is 3. The third-order valence-corrected chi connectivity index (χ3v) is 6.00. The van der Waals surface area contributed by atoms with Crippen molar-refractivity contribution in [2.75, 3.05) is 14.1 Å². The maximum absolute atomic E-state index is 13.4. The summed E-state index contributed by atoms with van der Waals surface area (Å²) in [4.78, 5) is 27.5. The summed E-state index contributed by atoms with van der Waals surface area (Å²) in [7, 11) is 3.35. The van der Waals surface area contributed by atoms with Crippen LogP contribution in [0.4, 0.5) is 4.39 Å². The number of nitrogens with zero attached hydrogens (tertiary/aromatic N) is 1. The molecule has 0 fully saturated rings. The number of carbonyl (C=O) groups excluding carboxylic acids is 2. The highest BCUT2D eigenvalue weighted by Crippen LogP contribution is 2.36. The molecule has 1 aromatic heterocycles. The molecule has 6 heteroatoms. The summed E-state index contributed by atoms with van der Waals surface area (Å²) in [6.07, 6.45) is 0. The first-order valence-electron chi connectivity index (χ1n) is 11.0. The van der Waals surface area contributed by atoms with E-state index >= 15 is 0 Å². The Morgan fingerprint density at radius 3 is 2.21 bits per heavy atom. The zero-order chi connectivity index (χ0) is 24.6. The molecule has 3 aromatic carbocycles. The number of furan rings is 1. The van der Waals surface area contributed by atoms with Gasteiger partial charge in [0, 0.05) is 36.1 Å². The second-order valence-electron chi connectivity index (χ2n) is 9.22. The molecule has 1 N–H and O–H groups in total. The number of rotatable bonds is 4. The lowest BCUT2D eigenvalue weighted by Crippen LogP contribution is -2.42. The second kappa shape index (κ2) is 8.78. The molecule has 4 aromatic rings. The first-order chi connectivity index (χ1) is 16.1. The smallest absolute Gasteiger partial charge is 0.255 e. The van der Waals surface area contributed by atoms with Crippen LogP contribution < -0.4 is 5.32 Å². The van der Waals surface area contributed by atoms with E-state index in [1.807, 2.05) is 51.1 Å². The fourth-order valence-electron chi connectivity index (χ4n) is 3.76. The van der Waals surface area contributed by atoms with Gasteiger partial charge in [-0.3, -0.25) is 9.59 Å². The largest absolute Gasteiger partial charge is 0.455 e. The van der Waals surface area contributed by atoms with Crippen molar-refractivity contribution in [3.05, 3.63) is 83.7 Å². The molecule has 0 aliphatic rings. The van der Waals surface area contributed by atoms with Crippen LogP contribution in [0.2, 0.25) is 0 Å². The van der Waals surface area contributed by atoms with Gasteiger partial charge in [-0.25, -0.2) is 4.39 Å². The van der Waals surface area contributed by atoms with Gasteiger partial charge in [0.1, 0.15) is 17.2 Å². The molecule has 2 amide bonds. The van der Waals surface area contributed by atoms with Gasteiger partial charge in [0.2, 0.25) is 0 Å². The molecule has 0 atom stereocenters. The summed E-state index contributed by atoms with van der Waals surface area (Å²) in [5, 5.41) is 3.31. The van der Waals surface area contributed by atoms with E-state index in [0.29, 0.717) is 33.4 Å². The van der Waals surface area contributed by atoms with Gasteiger partial charge in [-0.2, -0.15) is 0 Å². The fourth-order valence-corrected chi connectivity index (χ4v) is 3.76. The van der Waals surface area contributed by atoms with Crippen LogP contribution in [0.15, 0.2) is 71.1 Å². The Morgan fingerprint density at radius 1 is 0.912 bits per heavy atom. The predicted octanol–water partition coefficient (Wildman–Crippen LogP) is 6.14. The first-order valence-corrected chi connectivity index (χ1v) is 11.0. The van der Waals surface area contributed by atoms with E-state index in [1.54, 1.807) is 43.3 Å². The summed E-state index contributed by atoms with van der Waals surface area (Å²) in [5.41, 5.74) is 3.50. The van der Waals surface area contributed by atoms with Crippen LogP contribution in [0, 0.1) is 5.82 Å². The molecule has 0 saturated carbocycles. The van der Waals surface area contributed by atoms with Crippen molar-refractivity contribution in [1.29, 1.82) is 0 Å². The summed E-state index contributed by atoms with van der Waals surface area (Å²) in [6, 6.07) is 18.8.